The Balaban J connectivity index is 1.51. The van der Waals surface area contributed by atoms with Gasteiger partial charge in [0.2, 0.25) is 5.95 Å². The first-order valence-electron chi connectivity index (χ1n) is 10.0. The van der Waals surface area contributed by atoms with Crippen molar-refractivity contribution in [1.29, 1.82) is 0 Å². The summed E-state index contributed by atoms with van der Waals surface area (Å²) in [5.41, 5.74) is 8.05. The molecule has 0 spiro atoms. The molecule has 164 valence electrons. The van der Waals surface area contributed by atoms with Crippen LogP contribution in [-0.2, 0) is 22.4 Å². The van der Waals surface area contributed by atoms with Crippen molar-refractivity contribution < 1.29 is 24.6 Å². The molecule has 1 aromatic carbocycles. The highest BCUT2D eigenvalue weighted by molar-refractivity contribution is 5.96. The van der Waals surface area contributed by atoms with Gasteiger partial charge in [-0.15, -0.1) is 0 Å². The van der Waals surface area contributed by atoms with Crippen LogP contribution >= 0.6 is 0 Å². The summed E-state index contributed by atoms with van der Waals surface area (Å²) < 4.78 is 0. The van der Waals surface area contributed by atoms with Crippen molar-refractivity contribution in [1.82, 2.24) is 15.3 Å². The molecule has 0 bridgehead atoms. The van der Waals surface area contributed by atoms with Crippen molar-refractivity contribution in [2.75, 3.05) is 17.6 Å². The Hall–Kier alpha value is -3.69. The fourth-order valence-corrected chi connectivity index (χ4v) is 3.51. The molecule has 1 aromatic heterocycles. The Morgan fingerprint density at radius 3 is 2.65 bits per heavy atom. The number of aliphatic carboxylic acids is 2. The molecule has 0 aliphatic carbocycles. The Labute approximate surface area is 178 Å². The number of anilines is 2. The zero-order valence-corrected chi connectivity index (χ0v) is 16.9. The fourth-order valence-electron chi connectivity index (χ4n) is 3.51. The summed E-state index contributed by atoms with van der Waals surface area (Å²) in [5.74, 6) is -1.45. The minimum absolute atomic E-state index is 0.176. The van der Waals surface area contributed by atoms with Gasteiger partial charge >= 0.3 is 11.9 Å². The van der Waals surface area contributed by atoms with Crippen LogP contribution in [0.3, 0.4) is 0 Å². The topological polar surface area (TPSA) is 168 Å². The van der Waals surface area contributed by atoms with Gasteiger partial charge in [-0.1, -0.05) is 12.1 Å². The zero-order chi connectivity index (χ0) is 22.4. The van der Waals surface area contributed by atoms with Crippen LogP contribution in [0.1, 0.15) is 40.7 Å². The molecule has 0 radical (unpaired) electrons. The monoisotopic (exact) mass is 427 g/mol. The molecule has 6 N–H and O–H groups in total. The van der Waals surface area contributed by atoms with E-state index in [2.05, 4.69) is 20.6 Å². The maximum Gasteiger partial charge on any atom is 0.326 e. The summed E-state index contributed by atoms with van der Waals surface area (Å²) in [4.78, 5) is 42.4. The van der Waals surface area contributed by atoms with E-state index in [9.17, 15) is 14.4 Å². The number of amides is 1. The highest BCUT2D eigenvalue weighted by atomic mass is 16.4. The number of nitrogens with two attached hydrogens (primary N) is 1. The molecule has 10 nitrogen and oxygen atoms in total. The van der Waals surface area contributed by atoms with Gasteiger partial charge in [0.25, 0.3) is 5.91 Å². The van der Waals surface area contributed by atoms with Crippen LogP contribution in [0.2, 0.25) is 0 Å². The number of fused-ring (bicyclic) bond motifs is 1. The van der Waals surface area contributed by atoms with Crippen LogP contribution < -0.4 is 16.4 Å². The lowest BCUT2D eigenvalue weighted by Crippen LogP contribution is -2.41. The van der Waals surface area contributed by atoms with Crippen LogP contribution in [0, 0.1) is 5.92 Å². The first kappa shape index (κ1) is 22.0. The van der Waals surface area contributed by atoms with Gasteiger partial charge in [0.15, 0.2) is 0 Å². The lowest BCUT2D eigenvalue weighted by molar-refractivity contribution is -0.140. The molecule has 3 rings (SSSR count). The van der Waals surface area contributed by atoms with E-state index in [1.165, 1.54) is 0 Å². The average molecular weight is 427 g/mol. The number of rotatable bonds is 9. The molecule has 1 aliphatic rings. The Bertz CT molecular complexity index is 963. The zero-order valence-electron chi connectivity index (χ0n) is 16.9. The van der Waals surface area contributed by atoms with E-state index in [0.717, 1.165) is 42.8 Å². The quantitative estimate of drug-likeness (QED) is 0.396. The minimum atomic E-state index is -1.26. The van der Waals surface area contributed by atoms with Gasteiger partial charge in [-0.25, -0.2) is 9.78 Å². The van der Waals surface area contributed by atoms with E-state index in [-0.39, 0.29) is 18.8 Å². The van der Waals surface area contributed by atoms with E-state index in [0.29, 0.717) is 11.5 Å². The van der Waals surface area contributed by atoms with Crippen molar-refractivity contribution in [3.8, 4) is 0 Å². The maximum absolute atomic E-state index is 12.3. The van der Waals surface area contributed by atoms with E-state index in [1.807, 2.05) is 12.1 Å². The van der Waals surface area contributed by atoms with Crippen molar-refractivity contribution in [2.24, 2.45) is 5.92 Å². The second-order valence-corrected chi connectivity index (χ2v) is 7.59. The molecule has 2 aromatic rings. The number of aromatic nitrogens is 2. The number of benzene rings is 1. The number of carboxylic acid groups (broad SMARTS) is 2. The van der Waals surface area contributed by atoms with E-state index < -0.39 is 23.9 Å². The third kappa shape index (κ3) is 6.14. The number of hydrogen-bond donors (Lipinski definition) is 5. The summed E-state index contributed by atoms with van der Waals surface area (Å²) >= 11 is 0. The molecule has 0 fully saturated rings. The standard InChI is InChI=1S/C21H25N5O5/c22-21-24-11-15-9-13(10-23-18(15)26-21)2-1-12-3-5-14(6-4-12)19(29)25-16(20(30)31)7-8-17(27)28/h3-6,11,13,16H,1-2,7-10H2,(H,25,29)(H,27,28)(H,30,31)(H3,22,23,24,26)/t13?,16-/m1/s1. The highest BCUT2D eigenvalue weighted by Crippen LogP contribution is 2.25. The summed E-state index contributed by atoms with van der Waals surface area (Å²) in [6, 6.07) is 5.73. The second kappa shape index (κ2) is 9.88. The molecule has 2 atom stereocenters. The average Bonchev–Trinajstić information content (AvgIpc) is 2.75. The van der Waals surface area contributed by atoms with Crippen LogP contribution in [0.5, 0.6) is 0 Å². The Morgan fingerprint density at radius 2 is 1.97 bits per heavy atom. The van der Waals surface area contributed by atoms with Gasteiger partial charge in [-0.3, -0.25) is 9.59 Å². The van der Waals surface area contributed by atoms with Crippen molar-refractivity contribution in [3.05, 3.63) is 47.2 Å². The third-order valence-corrected chi connectivity index (χ3v) is 5.26. The van der Waals surface area contributed by atoms with Crippen LogP contribution in [0.25, 0.3) is 0 Å². The van der Waals surface area contributed by atoms with Crippen molar-refractivity contribution in [3.63, 3.8) is 0 Å². The van der Waals surface area contributed by atoms with Crippen molar-refractivity contribution in [2.45, 2.75) is 38.1 Å². The molecule has 10 heteroatoms. The first-order valence-corrected chi connectivity index (χ1v) is 10.0. The van der Waals surface area contributed by atoms with Gasteiger partial charge < -0.3 is 26.6 Å². The smallest absolute Gasteiger partial charge is 0.326 e. The maximum atomic E-state index is 12.3. The highest BCUT2D eigenvalue weighted by Gasteiger charge is 2.22. The number of carbonyl (C=O) groups excluding carboxylic acids is 1. The first-order chi connectivity index (χ1) is 14.8. The molecule has 1 amide bonds. The molecule has 1 unspecified atom stereocenters. The largest absolute Gasteiger partial charge is 0.481 e. The van der Waals surface area contributed by atoms with Gasteiger partial charge in [0.1, 0.15) is 11.9 Å². The summed E-state index contributed by atoms with van der Waals surface area (Å²) in [5, 5.41) is 23.5. The van der Waals surface area contributed by atoms with Gasteiger partial charge in [0.05, 0.1) is 0 Å². The molecule has 2 heterocycles. The molecule has 1 aliphatic heterocycles. The number of nitrogens with zero attached hydrogens (tertiary/aromatic N) is 2. The lowest BCUT2D eigenvalue weighted by atomic mass is 9.91. The Morgan fingerprint density at radius 1 is 1.23 bits per heavy atom. The molecular formula is C21H25N5O5. The predicted molar refractivity (Wildman–Crippen MR) is 113 cm³/mol. The number of hydrogen-bond acceptors (Lipinski definition) is 7. The van der Waals surface area contributed by atoms with Crippen LogP contribution in [0.4, 0.5) is 11.8 Å². The van der Waals surface area contributed by atoms with E-state index in [4.69, 9.17) is 15.9 Å². The number of carbonyl (C=O) groups is 3. The summed E-state index contributed by atoms with van der Waals surface area (Å²) in [6.07, 6.45) is 3.89. The SMILES string of the molecule is Nc1ncc2c(n1)NCC(CCc1ccc(C(=O)N[C@H](CCC(=O)O)C(=O)O)cc1)C2. The second-order valence-electron chi connectivity index (χ2n) is 7.59. The van der Waals surface area contributed by atoms with E-state index >= 15 is 0 Å². The molecule has 0 saturated carbocycles. The normalized spacial score (nSPS) is 15.9. The summed E-state index contributed by atoms with van der Waals surface area (Å²) in [7, 11) is 0. The third-order valence-electron chi connectivity index (χ3n) is 5.26. The number of nitrogen functional groups attached to an aromatic ring is 1. The number of nitrogens with one attached hydrogen (secondary N) is 2. The number of carboxylic acids is 2. The van der Waals surface area contributed by atoms with E-state index in [1.54, 1.807) is 18.3 Å². The van der Waals surface area contributed by atoms with Crippen LogP contribution in [0.15, 0.2) is 30.5 Å². The molecule has 31 heavy (non-hydrogen) atoms. The fraction of sp³-hybridized carbons (Fsp3) is 0.381. The van der Waals surface area contributed by atoms with Crippen molar-refractivity contribution >= 4 is 29.6 Å². The number of aryl methyl sites for hydroxylation is 1. The predicted octanol–water partition coefficient (Wildman–Crippen LogP) is 1.32. The lowest BCUT2D eigenvalue weighted by Gasteiger charge is -2.25. The van der Waals surface area contributed by atoms with Crippen LogP contribution in [-0.4, -0.2) is 50.6 Å². The Kier molecular flexibility index (Phi) is 7.01. The molecular weight excluding hydrogens is 402 g/mol. The van der Waals surface area contributed by atoms with Gasteiger partial charge in [-0.2, -0.15) is 4.98 Å². The molecule has 0 saturated heterocycles. The summed E-state index contributed by atoms with van der Waals surface area (Å²) in [6.45, 7) is 0.802. The van der Waals surface area contributed by atoms with Gasteiger partial charge in [0, 0.05) is 30.3 Å². The minimum Gasteiger partial charge on any atom is -0.481 e. The van der Waals surface area contributed by atoms with Gasteiger partial charge in [-0.05, 0) is 49.3 Å².